The van der Waals surface area contributed by atoms with Gasteiger partial charge in [0.2, 0.25) is 5.91 Å². The molecule has 0 saturated heterocycles. The molecule has 1 aliphatic rings. The van der Waals surface area contributed by atoms with Gasteiger partial charge in [0.25, 0.3) is 0 Å². The number of carbonyl (C=O) groups excluding carboxylic acids is 1. The predicted molar refractivity (Wildman–Crippen MR) is 101 cm³/mol. The Morgan fingerprint density at radius 2 is 1.96 bits per heavy atom. The van der Waals surface area contributed by atoms with Crippen molar-refractivity contribution in [1.82, 2.24) is 9.78 Å². The summed E-state index contributed by atoms with van der Waals surface area (Å²) in [7, 11) is 1.82. The molecule has 2 heterocycles. The molecule has 4 rings (SSSR count). The molecule has 5 heteroatoms. The standard InChI is InChI=1S/C21H21N3O2/c1-3-15-8-4-6-10-18(15)23(2)20(25)13-24-21-16(12-22-24)14-26-19-11-7-5-9-17(19)21/h4-12H,3,13-14H2,1-2H3. The molecule has 0 aliphatic carbocycles. The Bertz CT molecular complexity index is 961. The molecule has 0 N–H and O–H groups in total. The van der Waals surface area contributed by atoms with Gasteiger partial charge in [-0.3, -0.25) is 9.48 Å². The van der Waals surface area contributed by atoms with Crippen LogP contribution in [0.4, 0.5) is 5.69 Å². The van der Waals surface area contributed by atoms with Gasteiger partial charge in [0.1, 0.15) is 18.9 Å². The third kappa shape index (κ3) is 2.75. The van der Waals surface area contributed by atoms with E-state index >= 15 is 0 Å². The van der Waals surface area contributed by atoms with Crippen LogP contribution in [-0.2, 0) is 24.4 Å². The van der Waals surface area contributed by atoms with Crippen LogP contribution in [0.1, 0.15) is 18.1 Å². The molecule has 2 aromatic carbocycles. The molecule has 0 atom stereocenters. The molecule has 132 valence electrons. The Morgan fingerprint density at radius 1 is 1.19 bits per heavy atom. The number of aryl methyl sites for hydroxylation is 1. The quantitative estimate of drug-likeness (QED) is 0.723. The van der Waals surface area contributed by atoms with E-state index in [1.807, 2.05) is 49.5 Å². The molecule has 0 unspecified atom stereocenters. The summed E-state index contributed by atoms with van der Waals surface area (Å²) < 4.78 is 7.55. The molecule has 0 radical (unpaired) electrons. The number of anilines is 1. The zero-order valence-corrected chi connectivity index (χ0v) is 15.0. The summed E-state index contributed by atoms with van der Waals surface area (Å²) in [4.78, 5) is 14.6. The van der Waals surface area contributed by atoms with Gasteiger partial charge in [-0.1, -0.05) is 37.3 Å². The highest BCUT2D eigenvalue weighted by molar-refractivity contribution is 5.93. The summed E-state index contributed by atoms with van der Waals surface area (Å²) >= 11 is 0. The summed E-state index contributed by atoms with van der Waals surface area (Å²) in [6, 6.07) is 15.9. The van der Waals surface area contributed by atoms with Crippen molar-refractivity contribution in [3.63, 3.8) is 0 Å². The largest absolute Gasteiger partial charge is 0.488 e. The van der Waals surface area contributed by atoms with E-state index in [1.165, 1.54) is 0 Å². The van der Waals surface area contributed by atoms with E-state index in [0.717, 1.165) is 40.2 Å². The number of rotatable bonds is 4. The van der Waals surface area contributed by atoms with Crippen molar-refractivity contribution in [2.24, 2.45) is 0 Å². The van der Waals surface area contributed by atoms with Gasteiger partial charge in [0, 0.05) is 23.9 Å². The van der Waals surface area contributed by atoms with E-state index in [-0.39, 0.29) is 12.5 Å². The van der Waals surface area contributed by atoms with Gasteiger partial charge in [0.15, 0.2) is 0 Å². The van der Waals surface area contributed by atoms with Crippen LogP contribution in [0.3, 0.4) is 0 Å². The van der Waals surface area contributed by atoms with E-state index in [9.17, 15) is 4.79 Å². The van der Waals surface area contributed by atoms with Gasteiger partial charge < -0.3 is 9.64 Å². The van der Waals surface area contributed by atoms with Crippen molar-refractivity contribution in [1.29, 1.82) is 0 Å². The molecule has 1 aromatic heterocycles. The first-order valence-corrected chi connectivity index (χ1v) is 8.80. The lowest BCUT2D eigenvalue weighted by molar-refractivity contribution is -0.119. The number of hydrogen-bond acceptors (Lipinski definition) is 3. The van der Waals surface area contributed by atoms with Crippen molar-refractivity contribution >= 4 is 11.6 Å². The number of hydrogen-bond donors (Lipinski definition) is 0. The summed E-state index contributed by atoms with van der Waals surface area (Å²) in [5.74, 6) is 0.833. The average Bonchev–Trinajstić information content (AvgIpc) is 3.10. The van der Waals surface area contributed by atoms with E-state index in [0.29, 0.717) is 6.61 Å². The van der Waals surface area contributed by atoms with Gasteiger partial charge in [0.05, 0.1) is 11.9 Å². The van der Waals surface area contributed by atoms with Gasteiger partial charge >= 0.3 is 0 Å². The fraction of sp³-hybridized carbons (Fsp3) is 0.238. The SMILES string of the molecule is CCc1ccccc1N(C)C(=O)Cn1ncc2c1-c1ccccc1OC2. The van der Waals surface area contributed by atoms with Crippen LogP contribution in [0.5, 0.6) is 5.75 Å². The second-order valence-electron chi connectivity index (χ2n) is 6.40. The van der Waals surface area contributed by atoms with E-state index in [4.69, 9.17) is 4.74 Å². The van der Waals surface area contributed by atoms with Crippen molar-refractivity contribution in [3.8, 4) is 17.0 Å². The zero-order valence-electron chi connectivity index (χ0n) is 15.0. The van der Waals surface area contributed by atoms with Crippen molar-refractivity contribution in [2.45, 2.75) is 26.5 Å². The maximum Gasteiger partial charge on any atom is 0.248 e. The number of fused-ring (bicyclic) bond motifs is 3. The highest BCUT2D eigenvalue weighted by Crippen LogP contribution is 2.37. The zero-order chi connectivity index (χ0) is 18.1. The number of nitrogens with zero attached hydrogens (tertiary/aromatic N) is 3. The van der Waals surface area contributed by atoms with Gasteiger partial charge in [-0.25, -0.2) is 0 Å². The van der Waals surface area contributed by atoms with Crippen molar-refractivity contribution in [2.75, 3.05) is 11.9 Å². The summed E-state index contributed by atoms with van der Waals surface area (Å²) in [5.41, 5.74) is 5.07. The maximum atomic E-state index is 12.9. The van der Waals surface area contributed by atoms with Crippen molar-refractivity contribution in [3.05, 3.63) is 65.9 Å². The highest BCUT2D eigenvalue weighted by Gasteiger charge is 2.24. The molecule has 0 bridgehead atoms. The first kappa shape index (κ1) is 16.4. The van der Waals surface area contributed by atoms with Gasteiger partial charge in [-0.2, -0.15) is 5.10 Å². The summed E-state index contributed by atoms with van der Waals surface area (Å²) in [5, 5.41) is 4.44. The number of ether oxygens (including phenoxy) is 1. The summed E-state index contributed by atoms with van der Waals surface area (Å²) in [6.45, 7) is 2.77. The molecule has 5 nitrogen and oxygen atoms in total. The highest BCUT2D eigenvalue weighted by atomic mass is 16.5. The first-order chi connectivity index (χ1) is 12.7. The number of amides is 1. The molecule has 26 heavy (non-hydrogen) atoms. The maximum absolute atomic E-state index is 12.9. The number of para-hydroxylation sites is 2. The molecular formula is C21H21N3O2. The van der Waals surface area contributed by atoms with Crippen molar-refractivity contribution < 1.29 is 9.53 Å². The summed E-state index contributed by atoms with van der Waals surface area (Å²) in [6.07, 6.45) is 2.67. The third-order valence-electron chi connectivity index (χ3n) is 4.83. The minimum absolute atomic E-state index is 0.000716. The lowest BCUT2D eigenvalue weighted by Gasteiger charge is -2.22. The van der Waals surface area contributed by atoms with Crippen LogP contribution in [-0.4, -0.2) is 22.7 Å². The number of likely N-dealkylation sites (N-methyl/N-ethyl adjacent to an activating group) is 1. The molecule has 3 aromatic rings. The van der Waals surface area contributed by atoms with Crippen LogP contribution < -0.4 is 9.64 Å². The third-order valence-corrected chi connectivity index (χ3v) is 4.83. The minimum Gasteiger partial charge on any atom is -0.488 e. The van der Waals surface area contributed by atoms with E-state index in [2.05, 4.69) is 18.1 Å². The molecule has 0 saturated carbocycles. The fourth-order valence-electron chi connectivity index (χ4n) is 3.41. The van der Waals surface area contributed by atoms with Crippen LogP contribution >= 0.6 is 0 Å². The van der Waals surface area contributed by atoms with Gasteiger partial charge in [-0.15, -0.1) is 0 Å². The Kier molecular flexibility index (Phi) is 4.21. The van der Waals surface area contributed by atoms with E-state index in [1.54, 1.807) is 15.8 Å². The lowest BCUT2D eigenvalue weighted by Crippen LogP contribution is -2.31. The van der Waals surface area contributed by atoms with Gasteiger partial charge in [-0.05, 0) is 30.2 Å². The number of aromatic nitrogens is 2. The second-order valence-corrected chi connectivity index (χ2v) is 6.40. The Labute approximate surface area is 152 Å². The second kappa shape index (κ2) is 6.67. The number of carbonyl (C=O) groups is 1. The normalized spacial score (nSPS) is 12.1. The van der Waals surface area contributed by atoms with Crippen LogP contribution in [0, 0.1) is 0 Å². The number of benzene rings is 2. The Morgan fingerprint density at radius 3 is 2.81 bits per heavy atom. The van der Waals surface area contributed by atoms with Crippen LogP contribution in [0.15, 0.2) is 54.7 Å². The lowest BCUT2D eigenvalue weighted by atomic mass is 10.0. The fourth-order valence-corrected chi connectivity index (χ4v) is 3.41. The first-order valence-electron chi connectivity index (χ1n) is 8.80. The van der Waals surface area contributed by atoms with E-state index < -0.39 is 0 Å². The predicted octanol–water partition coefficient (Wildman–Crippen LogP) is 3.67. The smallest absolute Gasteiger partial charge is 0.248 e. The average molecular weight is 347 g/mol. The molecule has 1 amide bonds. The monoisotopic (exact) mass is 347 g/mol. The Balaban J connectivity index is 1.63. The minimum atomic E-state index is 0.000716. The van der Waals surface area contributed by atoms with Crippen LogP contribution in [0.2, 0.25) is 0 Å². The molecule has 0 fully saturated rings. The topological polar surface area (TPSA) is 47.4 Å². The van der Waals surface area contributed by atoms with Crippen LogP contribution in [0.25, 0.3) is 11.3 Å². The molecular weight excluding hydrogens is 326 g/mol. The Hall–Kier alpha value is -3.08. The molecule has 0 spiro atoms. The molecule has 1 aliphatic heterocycles.